The molecule has 0 aliphatic carbocycles. The fourth-order valence-corrected chi connectivity index (χ4v) is 4.20. The number of carbonyl (C=O) groups excluding carboxylic acids is 1. The molecule has 0 unspecified atom stereocenters. The van der Waals surface area contributed by atoms with Gasteiger partial charge in [-0.25, -0.2) is 0 Å². The number of H-pyrrole nitrogens is 1. The Hall–Kier alpha value is -4.32. The topological polar surface area (TPSA) is 95.3 Å². The second kappa shape index (κ2) is 8.90. The number of anilines is 1. The Balaban J connectivity index is 1.70. The number of benzene rings is 3. The fourth-order valence-electron chi connectivity index (χ4n) is 4.20. The largest absolute Gasteiger partial charge is 0.508 e. The number of aromatic hydroxyl groups is 1. The average molecular weight is 453 g/mol. The zero-order chi connectivity index (χ0) is 23.7. The van der Waals surface area contributed by atoms with Crippen molar-refractivity contribution in [1.82, 2.24) is 4.98 Å². The first-order valence-electron chi connectivity index (χ1n) is 11.3. The monoisotopic (exact) mass is 452 g/mol. The Morgan fingerprint density at radius 3 is 2.53 bits per heavy atom. The summed E-state index contributed by atoms with van der Waals surface area (Å²) in [7, 11) is 0. The van der Waals surface area contributed by atoms with Crippen molar-refractivity contribution in [3.63, 3.8) is 0 Å². The van der Waals surface area contributed by atoms with Crippen LogP contribution in [-0.4, -0.2) is 16.0 Å². The third-order valence-corrected chi connectivity index (χ3v) is 5.83. The summed E-state index contributed by atoms with van der Waals surface area (Å²) >= 11 is 0. The van der Waals surface area contributed by atoms with E-state index in [4.69, 9.17) is 4.42 Å². The third kappa shape index (κ3) is 4.06. The summed E-state index contributed by atoms with van der Waals surface area (Å²) in [6.07, 6.45) is 1.67. The molecule has 0 spiro atoms. The number of carbonyl (C=O) groups is 1. The van der Waals surface area contributed by atoms with E-state index in [9.17, 15) is 14.7 Å². The quantitative estimate of drug-likeness (QED) is 0.295. The van der Waals surface area contributed by atoms with Crippen LogP contribution in [0.5, 0.6) is 5.75 Å². The highest BCUT2D eigenvalue weighted by molar-refractivity contribution is 6.01. The highest BCUT2D eigenvalue weighted by Crippen LogP contribution is 2.33. The molecule has 0 atom stereocenters. The van der Waals surface area contributed by atoms with E-state index in [1.807, 2.05) is 49.4 Å². The number of fused-ring (bicyclic) bond motifs is 2. The van der Waals surface area contributed by atoms with Gasteiger partial charge in [0, 0.05) is 18.5 Å². The average Bonchev–Trinajstić information content (AvgIpc) is 3.20. The van der Waals surface area contributed by atoms with Gasteiger partial charge in [0.15, 0.2) is 5.58 Å². The summed E-state index contributed by atoms with van der Waals surface area (Å²) < 4.78 is 6.27. The van der Waals surface area contributed by atoms with Gasteiger partial charge in [0.05, 0.1) is 22.2 Å². The van der Waals surface area contributed by atoms with E-state index >= 15 is 0 Å². The summed E-state index contributed by atoms with van der Waals surface area (Å²) in [6.45, 7) is 1.94. The maximum absolute atomic E-state index is 13.7. The minimum absolute atomic E-state index is 0.0879. The molecule has 0 aliphatic heterocycles. The van der Waals surface area contributed by atoms with Crippen molar-refractivity contribution in [3.8, 4) is 17.0 Å². The van der Waals surface area contributed by atoms with Crippen molar-refractivity contribution in [1.29, 1.82) is 0 Å². The molecule has 0 bridgehead atoms. The number of aromatic amines is 1. The van der Waals surface area contributed by atoms with Crippen molar-refractivity contribution >= 4 is 33.5 Å². The molecule has 5 aromatic rings. The van der Waals surface area contributed by atoms with Crippen LogP contribution in [0.2, 0.25) is 0 Å². The maximum Gasteiger partial charge on any atom is 0.224 e. The van der Waals surface area contributed by atoms with Gasteiger partial charge in [-0.3, -0.25) is 9.59 Å². The Morgan fingerprint density at radius 2 is 1.79 bits per heavy atom. The van der Waals surface area contributed by atoms with Crippen molar-refractivity contribution < 1.29 is 14.3 Å². The number of phenolic OH excluding ortho intramolecular Hbond substituents is 1. The molecule has 0 saturated heterocycles. The van der Waals surface area contributed by atoms with Crippen LogP contribution in [0.1, 0.15) is 31.0 Å². The van der Waals surface area contributed by atoms with Gasteiger partial charge in [-0.1, -0.05) is 49.4 Å². The molecule has 1 amide bonds. The second-order valence-electron chi connectivity index (χ2n) is 8.33. The second-order valence-corrected chi connectivity index (χ2v) is 8.33. The summed E-state index contributed by atoms with van der Waals surface area (Å²) in [5, 5.41) is 13.4. The van der Waals surface area contributed by atoms with Crippen LogP contribution in [0.4, 0.5) is 5.69 Å². The molecule has 170 valence electrons. The van der Waals surface area contributed by atoms with Crippen LogP contribution in [0.15, 0.2) is 82.0 Å². The number of hydrogen-bond donors (Lipinski definition) is 3. The molecule has 2 heterocycles. The third-order valence-electron chi connectivity index (χ3n) is 5.83. The molecular weight excluding hydrogens is 428 g/mol. The van der Waals surface area contributed by atoms with E-state index in [1.165, 1.54) is 0 Å². The van der Waals surface area contributed by atoms with E-state index in [2.05, 4.69) is 10.3 Å². The molecule has 34 heavy (non-hydrogen) atoms. The van der Waals surface area contributed by atoms with Crippen LogP contribution in [0, 0.1) is 0 Å². The molecule has 3 N–H and O–H groups in total. The maximum atomic E-state index is 13.7. The Morgan fingerprint density at radius 1 is 1.03 bits per heavy atom. The molecule has 3 aromatic carbocycles. The van der Waals surface area contributed by atoms with E-state index in [0.29, 0.717) is 46.2 Å². The molecule has 0 radical (unpaired) electrons. The minimum atomic E-state index is -0.158. The molecular formula is C28H24N2O4. The first kappa shape index (κ1) is 21.5. The number of rotatable bonds is 6. The standard InChI is InChI=1S/C28H24N2O4/c1-2-6-24(32)29-19-11-14-23-21(16-19)27(33)25-26(18-7-4-3-5-8-18)30-22(28(25)34-23)15-17-9-12-20(31)13-10-17/h3-5,7-14,16,30-31H,2,6,15H2,1H3,(H,29,32). The lowest BCUT2D eigenvalue weighted by Gasteiger charge is -2.06. The number of amides is 1. The predicted octanol–water partition coefficient (Wildman–Crippen LogP) is 5.98. The van der Waals surface area contributed by atoms with Crippen molar-refractivity contribution in [2.24, 2.45) is 0 Å². The van der Waals surface area contributed by atoms with Gasteiger partial charge >= 0.3 is 0 Å². The van der Waals surface area contributed by atoms with Crippen LogP contribution in [0.3, 0.4) is 0 Å². The first-order valence-corrected chi connectivity index (χ1v) is 11.3. The smallest absolute Gasteiger partial charge is 0.224 e. The normalized spacial score (nSPS) is 11.2. The molecule has 6 heteroatoms. The summed E-state index contributed by atoms with van der Waals surface area (Å²) in [5.74, 6) is 0.111. The van der Waals surface area contributed by atoms with Crippen molar-refractivity contribution in [2.75, 3.05) is 5.32 Å². The van der Waals surface area contributed by atoms with Gasteiger partial charge in [-0.05, 0) is 47.9 Å². The van der Waals surface area contributed by atoms with Gasteiger partial charge in [0.2, 0.25) is 11.3 Å². The zero-order valence-electron chi connectivity index (χ0n) is 18.7. The fraction of sp³-hybridized carbons (Fsp3) is 0.143. The zero-order valence-corrected chi connectivity index (χ0v) is 18.7. The van der Waals surface area contributed by atoms with Gasteiger partial charge in [-0.2, -0.15) is 0 Å². The minimum Gasteiger partial charge on any atom is -0.508 e. The predicted molar refractivity (Wildman–Crippen MR) is 134 cm³/mol. The summed E-state index contributed by atoms with van der Waals surface area (Å²) in [6, 6.07) is 21.8. The molecule has 0 fully saturated rings. The number of hydrogen-bond acceptors (Lipinski definition) is 4. The molecule has 0 saturated carbocycles. The van der Waals surface area contributed by atoms with Crippen LogP contribution < -0.4 is 10.7 Å². The first-order chi connectivity index (χ1) is 16.5. The van der Waals surface area contributed by atoms with Crippen LogP contribution in [0.25, 0.3) is 33.2 Å². The Labute approximate surface area is 195 Å². The van der Waals surface area contributed by atoms with Gasteiger partial charge < -0.3 is 19.8 Å². The number of aromatic nitrogens is 1. The highest BCUT2D eigenvalue weighted by Gasteiger charge is 2.20. The Bertz CT molecular complexity index is 1550. The SMILES string of the molecule is CCCC(=O)Nc1ccc2oc3c(Cc4ccc(O)cc4)[nH]c(-c4ccccc4)c3c(=O)c2c1. The molecule has 6 nitrogen and oxygen atoms in total. The van der Waals surface area contributed by atoms with E-state index in [1.54, 1.807) is 30.3 Å². The van der Waals surface area contributed by atoms with E-state index in [0.717, 1.165) is 23.2 Å². The molecule has 2 aromatic heterocycles. The molecule has 5 rings (SSSR count). The van der Waals surface area contributed by atoms with Gasteiger partial charge in [0.25, 0.3) is 0 Å². The van der Waals surface area contributed by atoms with Gasteiger partial charge in [-0.15, -0.1) is 0 Å². The lowest BCUT2D eigenvalue weighted by atomic mass is 10.1. The Kier molecular flexibility index (Phi) is 5.64. The van der Waals surface area contributed by atoms with Crippen molar-refractivity contribution in [3.05, 3.63) is 94.3 Å². The lowest BCUT2D eigenvalue weighted by molar-refractivity contribution is -0.116. The highest BCUT2D eigenvalue weighted by atomic mass is 16.3. The molecule has 0 aliphatic rings. The van der Waals surface area contributed by atoms with Crippen molar-refractivity contribution in [2.45, 2.75) is 26.2 Å². The lowest BCUT2D eigenvalue weighted by Crippen LogP contribution is -2.11. The number of phenols is 1. The summed E-state index contributed by atoms with van der Waals surface area (Å²) in [4.78, 5) is 29.2. The number of nitrogens with one attached hydrogen (secondary N) is 2. The van der Waals surface area contributed by atoms with Gasteiger partial charge in [0.1, 0.15) is 11.3 Å². The summed E-state index contributed by atoms with van der Waals surface area (Å²) in [5.41, 5.74) is 4.69. The van der Waals surface area contributed by atoms with E-state index in [-0.39, 0.29) is 17.1 Å². The van der Waals surface area contributed by atoms with Crippen LogP contribution >= 0.6 is 0 Å². The van der Waals surface area contributed by atoms with Crippen LogP contribution in [-0.2, 0) is 11.2 Å². The van der Waals surface area contributed by atoms with E-state index < -0.39 is 0 Å².